The quantitative estimate of drug-likeness (QED) is 0.724. The van der Waals surface area contributed by atoms with Crippen LogP contribution in [0.2, 0.25) is 0 Å². The SMILES string of the molecule is CC(=O)CCN1CCCC(=O)N1C1CCC1. The highest BCUT2D eigenvalue weighted by Gasteiger charge is 2.35. The Hall–Kier alpha value is -0.900. The molecule has 0 bridgehead atoms. The summed E-state index contributed by atoms with van der Waals surface area (Å²) in [4.78, 5) is 22.9. The first-order valence-electron chi connectivity index (χ1n) is 6.25. The van der Waals surface area contributed by atoms with Crippen molar-refractivity contribution in [1.29, 1.82) is 0 Å². The molecule has 0 N–H and O–H groups in total. The first-order valence-corrected chi connectivity index (χ1v) is 6.25. The van der Waals surface area contributed by atoms with Crippen molar-refractivity contribution in [3.63, 3.8) is 0 Å². The summed E-state index contributed by atoms with van der Waals surface area (Å²) >= 11 is 0. The predicted octanol–water partition coefficient (Wildman–Crippen LogP) is 1.36. The molecule has 16 heavy (non-hydrogen) atoms. The van der Waals surface area contributed by atoms with E-state index in [9.17, 15) is 9.59 Å². The average molecular weight is 224 g/mol. The lowest BCUT2D eigenvalue weighted by atomic mass is 9.91. The molecule has 0 atom stereocenters. The summed E-state index contributed by atoms with van der Waals surface area (Å²) in [6, 6.07) is 0.416. The van der Waals surface area contributed by atoms with Gasteiger partial charge < -0.3 is 0 Å². The van der Waals surface area contributed by atoms with E-state index in [4.69, 9.17) is 0 Å². The zero-order valence-corrected chi connectivity index (χ0v) is 9.95. The number of rotatable bonds is 4. The number of hydrogen-bond donors (Lipinski definition) is 0. The van der Waals surface area contributed by atoms with E-state index < -0.39 is 0 Å². The van der Waals surface area contributed by atoms with Gasteiger partial charge in [0.2, 0.25) is 5.91 Å². The number of carbonyl (C=O) groups excluding carboxylic acids is 2. The Labute approximate surface area is 96.6 Å². The van der Waals surface area contributed by atoms with Crippen molar-refractivity contribution >= 4 is 11.7 Å². The van der Waals surface area contributed by atoms with Gasteiger partial charge in [0.15, 0.2) is 0 Å². The molecule has 0 aromatic heterocycles. The van der Waals surface area contributed by atoms with Gasteiger partial charge in [0.1, 0.15) is 5.78 Å². The molecule has 0 unspecified atom stereocenters. The number of hydrogen-bond acceptors (Lipinski definition) is 3. The molecular formula is C12H20N2O2. The number of nitrogens with zero attached hydrogens (tertiary/aromatic N) is 2. The molecule has 0 spiro atoms. The van der Waals surface area contributed by atoms with Gasteiger partial charge in [-0.25, -0.2) is 5.01 Å². The van der Waals surface area contributed by atoms with Crippen LogP contribution in [0.5, 0.6) is 0 Å². The molecule has 0 radical (unpaired) electrons. The monoisotopic (exact) mass is 224 g/mol. The second kappa shape index (κ2) is 4.95. The number of ketones is 1. The molecule has 90 valence electrons. The lowest BCUT2D eigenvalue weighted by Crippen LogP contribution is -2.57. The van der Waals surface area contributed by atoms with Gasteiger partial charge in [-0.2, -0.15) is 0 Å². The van der Waals surface area contributed by atoms with E-state index in [1.54, 1.807) is 6.92 Å². The van der Waals surface area contributed by atoms with Crippen LogP contribution in [-0.2, 0) is 9.59 Å². The smallest absolute Gasteiger partial charge is 0.237 e. The van der Waals surface area contributed by atoms with Crippen LogP contribution in [0, 0.1) is 0 Å². The topological polar surface area (TPSA) is 40.6 Å². The summed E-state index contributed by atoms with van der Waals surface area (Å²) in [7, 11) is 0. The maximum Gasteiger partial charge on any atom is 0.237 e. The van der Waals surface area contributed by atoms with Crippen LogP contribution in [0.4, 0.5) is 0 Å². The van der Waals surface area contributed by atoms with Crippen LogP contribution in [0.25, 0.3) is 0 Å². The maximum absolute atomic E-state index is 11.9. The van der Waals surface area contributed by atoms with Crippen molar-refractivity contribution in [3.05, 3.63) is 0 Å². The fourth-order valence-electron chi connectivity index (χ4n) is 2.36. The summed E-state index contributed by atoms with van der Waals surface area (Å²) in [5.41, 5.74) is 0. The summed E-state index contributed by atoms with van der Waals surface area (Å²) in [5.74, 6) is 0.450. The molecule has 1 aliphatic carbocycles. The molecule has 1 amide bonds. The lowest BCUT2D eigenvalue weighted by molar-refractivity contribution is -0.168. The van der Waals surface area contributed by atoms with Crippen LogP contribution >= 0.6 is 0 Å². The molecule has 0 aromatic carbocycles. The van der Waals surface area contributed by atoms with E-state index in [0.717, 1.165) is 25.8 Å². The highest BCUT2D eigenvalue weighted by molar-refractivity contribution is 5.77. The molecule has 4 nitrogen and oxygen atoms in total. The van der Waals surface area contributed by atoms with Gasteiger partial charge in [0.25, 0.3) is 0 Å². The highest BCUT2D eigenvalue weighted by Crippen LogP contribution is 2.29. The van der Waals surface area contributed by atoms with Crippen LogP contribution in [0.1, 0.15) is 45.4 Å². The van der Waals surface area contributed by atoms with Crippen molar-refractivity contribution in [2.24, 2.45) is 0 Å². The van der Waals surface area contributed by atoms with E-state index in [-0.39, 0.29) is 11.7 Å². The van der Waals surface area contributed by atoms with Gasteiger partial charge in [-0.15, -0.1) is 0 Å². The van der Waals surface area contributed by atoms with E-state index in [1.165, 1.54) is 6.42 Å². The summed E-state index contributed by atoms with van der Waals surface area (Å²) in [6.45, 7) is 3.24. The minimum Gasteiger partial charge on any atom is -0.300 e. The van der Waals surface area contributed by atoms with Crippen molar-refractivity contribution in [2.75, 3.05) is 13.1 Å². The standard InChI is InChI=1S/C12H20N2O2/c1-10(15)7-9-13-8-3-6-12(16)14(13)11-4-2-5-11/h11H,2-9H2,1H3. The average Bonchev–Trinajstić information content (AvgIpc) is 2.16. The molecule has 1 saturated carbocycles. The molecule has 0 aromatic rings. The predicted molar refractivity (Wildman–Crippen MR) is 60.6 cm³/mol. The number of carbonyl (C=O) groups is 2. The lowest BCUT2D eigenvalue weighted by Gasteiger charge is -2.46. The van der Waals surface area contributed by atoms with E-state index >= 15 is 0 Å². The minimum atomic E-state index is 0.201. The second-order valence-electron chi connectivity index (χ2n) is 4.83. The Bertz CT molecular complexity index is 287. The Morgan fingerprint density at radius 2 is 2.12 bits per heavy atom. The number of hydrazine groups is 1. The fourth-order valence-corrected chi connectivity index (χ4v) is 2.36. The first-order chi connectivity index (χ1) is 7.68. The van der Waals surface area contributed by atoms with E-state index in [1.807, 2.05) is 5.01 Å². The van der Waals surface area contributed by atoms with Crippen LogP contribution in [0.15, 0.2) is 0 Å². The minimum absolute atomic E-state index is 0.201. The van der Waals surface area contributed by atoms with Gasteiger partial charge in [-0.05, 0) is 32.6 Å². The molecule has 2 aliphatic rings. The zero-order chi connectivity index (χ0) is 11.5. The molecule has 1 saturated heterocycles. The molecule has 2 fully saturated rings. The fraction of sp³-hybridized carbons (Fsp3) is 0.833. The molecule has 4 heteroatoms. The van der Waals surface area contributed by atoms with Crippen molar-refractivity contribution in [1.82, 2.24) is 10.0 Å². The Morgan fingerprint density at radius 1 is 1.38 bits per heavy atom. The van der Waals surface area contributed by atoms with Gasteiger partial charge in [0.05, 0.1) is 0 Å². The third-order valence-corrected chi connectivity index (χ3v) is 3.51. The van der Waals surface area contributed by atoms with Crippen molar-refractivity contribution < 1.29 is 9.59 Å². The molecule has 1 heterocycles. The Morgan fingerprint density at radius 3 is 2.69 bits per heavy atom. The normalized spacial score (nSPS) is 23.3. The molecule has 1 aliphatic heterocycles. The third-order valence-electron chi connectivity index (χ3n) is 3.51. The number of Topliss-reactive ketones (excluding diaryl/α,β-unsaturated/α-hetero) is 1. The van der Waals surface area contributed by atoms with Gasteiger partial charge >= 0.3 is 0 Å². The highest BCUT2D eigenvalue weighted by atomic mass is 16.2. The van der Waals surface area contributed by atoms with Crippen molar-refractivity contribution in [3.8, 4) is 0 Å². The largest absolute Gasteiger partial charge is 0.300 e. The van der Waals surface area contributed by atoms with Gasteiger partial charge in [-0.1, -0.05) is 0 Å². The van der Waals surface area contributed by atoms with Crippen LogP contribution in [-0.4, -0.2) is 40.8 Å². The zero-order valence-electron chi connectivity index (χ0n) is 9.95. The van der Waals surface area contributed by atoms with Gasteiger partial charge in [0, 0.05) is 32.0 Å². The molecular weight excluding hydrogens is 204 g/mol. The summed E-state index contributed by atoms with van der Waals surface area (Å²) < 4.78 is 0. The Balaban J connectivity index is 1.95. The van der Waals surface area contributed by atoms with Gasteiger partial charge in [-0.3, -0.25) is 14.6 Å². The van der Waals surface area contributed by atoms with Crippen molar-refractivity contribution in [2.45, 2.75) is 51.5 Å². The summed E-state index contributed by atoms with van der Waals surface area (Å²) in [6.07, 6.45) is 5.64. The maximum atomic E-state index is 11.9. The number of amides is 1. The third kappa shape index (κ3) is 2.43. The second-order valence-corrected chi connectivity index (χ2v) is 4.83. The molecule has 2 rings (SSSR count). The Kier molecular flexibility index (Phi) is 3.59. The van der Waals surface area contributed by atoms with Crippen LogP contribution in [0.3, 0.4) is 0 Å². The first kappa shape index (κ1) is 11.6. The van der Waals surface area contributed by atoms with E-state index in [0.29, 0.717) is 25.4 Å². The van der Waals surface area contributed by atoms with Crippen LogP contribution < -0.4 is 0 Å². The van der Waals surface area contributed by atoms with E-state index in [2.05, 4.69) is 5.01 Å². The summed E-state index contributed by atoms with van der Waals surface area (Å²) in [5, 5.41) is 4.03.